The first-order valence-electron chi connectivity index (χ1n) is 5.70. The van der Waals surface area contributed by atoms with Crippen molar-refractivity contribution in [1.29, 1.82) is 5.26 Å². The molecule has 0 aliphatic carbocycles. The zero-order valence-corrected chi connectivity index (χ0v) is 10.6. The zero-order valence-electron chi connectivity index (χ0n) is 9.82. The highest BCUT2D eigenvalue weighted by atomic mass is 32.1. The van der Waals surface area contributed by atoms with Crippen molar-refractivity contribution < 1.29 is 4.39 Å². The van der Waals surface area contributed by atoms with E-state index in [2.05, 4.69) is 11.4 Å². The molecule has 2 nitrogen and oxygen atoms in total. The standard InChI is InChI=1S/C14H13FN2S/c15-13-3-1-2-11(6-13)4-5-17-9-14-7-12(8-16)10-18-14/h1-3,6-7,10,17H,4-5,9H2. The quantitative estimate of drug-likeness (QED) is 0.839. The Kier molecular flexibility index (Phi) is 4.46. The number of thiophene rings is 1. The van der Waals surface area contributed by atoms with Crippen LogP contribution in [0.25, 0.3) is 0 Å². The van der Waals surface area contributed by atoms with Crippen LogP contribution in [0.5, 0.6) is 0 Å². The van der Waals surface area contributed by atoms with E-state index in [-0.39, 0.29) is 5.82 Å². The summed E-state index contributed by atoms with van der Waals surface area (Å²) in [6.07, 6.45) is 0.800. The Hall–Kier alpha value is -1.70. The van der Waals surface area contributed by atoms with E-state index in [1.54, 1.807) is 23.5 Å². The predicted octanol–water partition coefficient (Wildman–Crippen LogP) is 3.09. The van der Waals surface area contributed by atoms with Crippen molar-refractivity contribution in [2.24, 2.45) is 0 Å². The van der Waals surface area contributed by atoms with Crippen molar-refractivity contribution in [1.82, 2.24) is 5.32 Å². The van der Waals surface area contributed by atoms with E-state index in [1.165, 1.54) is 6.07 Å². The molecule has 18 heavy (non-hydrogen) atoms. The third kappa shape index (κ3) is 3.66. The molecule has 0 amide bonds. The van der Waals surface area contributed by atoms with Crippen molar-refractivity contribution >= 4 is 11.3 Å². The fourth-order valence-corrected chi connectivity index (χ4v) is 2.45. The summed E-state index contributed by atoms with van der Waals surface area (Å²) in [4.78, 5) is 1.14. The van der Waals surface area contributed by atoms with Gasteiger partial charge in [-0.25, -0.2) is 4.39 Å². The molecule has 0 radical (unpaired) electrons. The van der Waals surface area contributed by atoms with Gasteiger partial charge in [-0.2, -0.15) is 5.26 Å². The van der Waals surface area contributed by atoms with Crippen LogP contribution >= 0.6 is 11.3 Å². The van der Waals surface area contributed by atoms with Crippen LogP contribution < -0.4 is 5.32 Å². The van der Waals surface area contributed by atoms with Crippen LogP contribution in [0.1, 0.15) is 16.0 Å². The van der Waals surface area contributed by atoms with E-state index in [9.17, 15) is 4.39 Å². The Morgan fingerprint density at radius 1 is 1.33 bits per heavy atom. The van der Waals surface area contributed by atoms with Gasteiger partial charge < -0.3 is 5.32 Å². The maximum absolute atomic E-state index is 12.9. The van der Waals surface area contributed by atoms with E-state index < -0.39 is 0 Å². The molecule has 0 saturated carbocycles. The van der Waals surface area contributed by atoms with E-state index >= 15 is 0 Å². The Labute approximate surface area is 110 Å². The molecule has 2 aromatic rings. The van der Waals surface area contributed by atoms with E-state index in [0.29, 0.717) is 5.56 Å². The highest BCUT2D eigenvalue weighted by Crippen LogP contribution is 2.13. The lowest BCUT2D eigenvalue weighted by molar-refractivity contribution is 0.623. The molecular formula is C14H13FN2S. The second-order valence-corrected chi connectivity index (χ2v) is 4.97. The zero-order chi connectivity index (χ0) is 12.8. The molecule has 0 aliphatic heterocycles. The summed E-state index contributed by atoms with van der Waals surface area (Å²) in [6, 6.07) is 10.7. The minimum absolute atomic E-state index is 0.190. The van der Waals surface area contributed by atoms with Gasteiger partial charge in [0.25, 0.3) is 0 Å². The largest absolute Gasteiger partial charge is 0.312 e. The third-order valence-electron chi connectivity index (χ3n) is 2.56. The highest BCUT2D eigenvalue weighted by Gasteiger charge is 1.99. The molecule has 0 aliphatic rings. The van der Waals surface area contributed by atoms with Gasteiger partial charge in [-0.3, -0.25) is 0 Å². The maximum Gasteiger partial charge on any atom is 0.123 e. The van der Waals surface area contributed by atoms with Crippen LogP contribution in [0.4, 0.5) is 4.39 Å². The van der Waals surface area contributed by atoms with Crippen LogP contribution in [-0.2, 0) is 13.0 Å². The van der Waals surface area contributed by atoms with Crippen LogP contribution in [-0.4, -0.2) is 6.54 Å². The van der Waals surface area contributed by atoms with Crippen LogP contribution in [0.15, 0.2) is 35.7 Å². The molecule has 0 saturated heterocycles. The van der Waals surface area contributed by atoms with Crippen molar-refractivity contribution in [3.63, 3.8) is 0 Å². The monoisotopic (exact) mass is 260 g/mol. The number of halogens is 1. The molecule has 0 atom stereocenters. The Morgan fingerprint density at radius 2 is 2.22 bits per heavy atom. The minimum Gasteiger partial charge on any atom is -0.312 e. The van der Waals surface area contributed by atoms with E-state index in [0.717, 1.165) is 30.0 Å². The molecule has 1 N–H and O–H groups in total. The average Bonchev–Trinajstić information content (AvgIpc) is 2.83. The van der Waals surface area contributed by atoms with Crippen LogP contribution in [0, 0.1) is 17.1 Å². The van der Waals surface area contributed by atoms with E-state index in [1.807, 2.05) is 17.5 Å². The average molecular weight is 260 g/mol. The number of nitrogens with one attached hydrogen (secondary N) is 1. The second kappa shape index (κ2) is 6.29. The maximum atomic E-state index is 12.9. The summed E-state index contributed by atoms with van der Waals surface area (Å²) in [5.74, 6) is -0.190. The lowest BCUT2D eigenvalue weighted by Gasteiger charge is -2.03. The molecular weight excluding hydrogens is 247 g/mol. The summed E-state index contributed by atoms with van der Waals surface area (Å²) < 4.78 is 12.9. The van der Waals surface area contributed by atoms with Gasteiger partial charge in [-0.15, -0.1) is 11.3 Å². The summed E-state index contributed by atoms with van der Waals surface area (Å²) >= 11 is 1.58. The fraction of sp³-hybridized carbons (Fsp3) is 0.214. The van der Waals surface area contributed by atoms with Crippen LogP contribution in [0.3, 0.4) is 0 Å². The molecule has 92 valence electrons. The molecule has 1 heterocycles. The molecule has 4 heteroatoms. The topological polar surface area (TPSA) is 35.8 Å². The number of nitrogens with zero attached hydrogens (tertiary/aromatic N) is 1. The van der Waals surface area contributed by atoms with Crippen molar-refractivity contribution in [2.75, 3.05) is 6.54 Å². The van der Waals surface area contributed by atoms with Gasteiger partial charge in [0.1, 0.15) is 11.9 Å². The summed E-state index contributed by atoms with van der Waals surface area (Å²) in [5, 5.41) is 13.8. The van der Waals surface area contributed by atoms with E-state index in [4.69, 9.17) is 5.26 Å². The first kappa shape index (κ1) is 12.7. The van der Waals surface area contributed by atoms with Crippen molar-refractivity contribution in [3.05, 3.63) is 57.5 Å². The molecule has 2 rings (SSSR count). The van der Waals surface area contributed by atoms with Gasteiger partial charge in [0.2, 0.25) is 0 Å². The van der Waals surface area contributed by atoms with Gasteiger partial charge in [0, 0.05) is 16.8 Å². The molecule has 0 fully saturated rings. The van der Waals surface area contributed by atoms with Crippen molar-refractivity contribution in [3.8, 4) is 6.07 Å². The van der Waals surface area contributed by atoms with Gasteiger partial charge in [0.15, 0.2) is 0 Å². The Balaban J connectivity index is 1.75. The summed E-state index contributed by atoms with van der Waals surface area (Å²) in [7, 11) is 0. The SMILES string of the molecule is N#Cc1csc(CNCCc2cccc(F)c2)c1. The van der Waals surface area contributed by atoms with Crippen LogP contribution in [0.2, 0.25) is 0 Å². The first-order chi connectivity index (χ1) is 8.78. The predicted molar refractivity (Wildman–Crippen MR) is 70.8 cm³/mol. The molecule has 0 spiro atoms. The fourth-order valence-electron chi connectivity index (χ4n) is 1.67. The van der Waals surface area contributed by atoms with Gasteiger partial charge in [-0.05, 0) is 36.7 Å². The number of benzene rings is 1. The minimum atomic E-state index is -0.190. The normalized spacial score (nSPS) is 10.2. The molecule has 1 aromatic carbocycles. The van der Waals surface area contributed by atoms with Gasteiger partial charge in [0.05, 0.1) is 5.56 Å². The van der Waals surface area contributed by atoms with Crippen molar-refractivity contribution in [2.45, 2.75) is 13.0 Å². The Morgan fingerprint density at radius 3 is 2.94 bits per heavy atom. The number of nitriles is 1. The summed E-state index contributed by atoms with van der Waals surface area (Å²) in [6.45, 7) is 1.55. The lowest BCUT2D eigenvalue weighted by atomic mass is 10.1. The second-order valence-electron chi connectivity index (χ2n) is 3.97. The number of hydrogen-bond acceptors (Lipinski definition) is 3. The lowest BCUT2D eigenvalue weighted by Crippen LogP contribution is -2.15. The summed E-state index contributed by atoms with van der Waals surface area (Å²) in [5.41, 5.74) is 1.70. The molecule has 0 unspecified atom stereocenters. The van der Waals surface area contributed by atoms with Gasteiger partial charge >= 0.3 is 0 Å². The van der Waals surface area contributed by atoms with Gasteiger partial charge in [-0.1, -0.05) is 12.1 Å². The molecule has 0 bridgehead atoms. The first-order valence-corrected chi connectivity index (χ1v) is 6.58. The molecule has 1 aromatic heterocycles. The third-order valence-corrected chi connectivity index (χ3v) is 3.50. The smallest absolute Gasteiger partial charge is 0.123 e. The number of rotatable bonds is 5. The Bertz CT molecular complexity index is 557. The number of hydrogen-bond donors (Lipinski definition) is 1. The highest BCUT2D eigenvalue weighted by molar-refractivity contribution is 7.10.